The Kier molecular flexibility index (Phi) is 4.63. The molecule has 3 heteroatoms. The van der Waals surface area contributed by atoms with E-state index in [9.17, 15) is 0 Å². The van der Waals surface area contributed by atoms with Crippen LogP contribution in [0.4, 0.5) is 0 Å². The number of rotatable bonds is 6. The zero-order valence-electron chi connectivity index (χ0n) is 10.2. The lowest BCUT2D eigenvalue weighted by atomic mass is 9.75. The molecule has 1 aliphatic carbocycles. The topological polar surface area (TPSA) is 6.48 Å². The van der Waals surface area contributed by atoms with Crippen LogP contribution in [0, 0.1) is 0 Å². The van der Waals surface area contributed by atoms with Crippen molar-refractivity contribution in [3.63, 3.8) is 0 Å². The first-order valence-electron chi connectivity index (χ1n) is 5.59. The first kappa shape index (κ1) is 13.0. The van der Waals surface area contributed by atoms with E-state index in [1.165, 1.54) is 19.3 Å². The van der Waals surface area contributed by atoms with Gasteiger partial charge in [0.2, 0.25) is 0 Å². The molecule has 0 unspecified atom stereocenters. The summed E-state index contributed by atoms with van der Waals surface area (Å²) in [7, 11) is 6.52. The van der Waals surface area contributed by atoms with Gasteiger partial charge in [-0.05, 0) is 46.0 Å². The summed E-state index contributed by atoms with van der Waals surface area (Å²) in [5, 5.41) is 0. The molecule has 0 aromatic heterocycles. The molecule has 0 atom stereocenters. The van der Waals surface area contributed by atoms with Crippen LogP contribution in [0.3, 0.4) is 0 Å². The van der Waals surface area contributed by atoms with Crippen molar-refractivity contribution < 1.29 is 0 Å². The number of alkyl halides is 1. The standard InChI is InChI=1S/C12H23ClN2/c1-11(8-13)9-15(4)10-12(14(2)3)6-5-7-12/h1,5-10H2,2-4H3. The minimum Gasteiger partial charge on any atom is -0.302 e. The number of hydrogen-bond donors (Lipinski definition) is 0. The molecule has 1 fully saturated rings. The SMILES string of the molecule is C=C(CCl)CN(C)CC1(N(C)C)CCC1. The third-order valence-corrected chi connectivity index (χ3v) is 3.86. The van der Waals surface area contributed by atoms with Gasteiger partial charge in [0, 0.05) is 24.5 Å². The maximum atomic E-state index is 5.74. The molecule has 0 heterocycles. The highest BCUT2D eigenvalue weighted by molar-refractivity contribution is 6.19. The van der Waals surface area contributed by atoms with Crippen LogP contribution in [0.15, 0.2) is 12.2 Å². The highest BCUT2D eigenvalue weighted by Crippen LogP contribution is 2.36. The van der Waals surface area contributed by atoms with Gasteiger partial charge in [-0.1, -0.05) is 6.58 Å². The van der Waals surface area contributed by atoms with E-state index < -0.39 is 0 Å². The molecule has 0 aliphatic heterocycles. The number of hydrogen-bond acceptors (Lipinski definition) is 2. The predicted octanol–water partition coefficient (Wildman–Crippen LogP) is 2.20. The summed E-state index contributed by atoms with van der Waals surface area (Å²) in [6, 6.07) is 0. The maximum Gasteiger partial charge on any atom is 0.0443 e. The fourth-order valence-electron chi connectivity index (χ4n) is 2.31. The molecule has 0 aromatic carbocycles. The van der Waals surface area contributed by atoms with E-state index in [0.29, 0.717) is 11.4 Å². The Balaban J connectivity index is 2.42. The Morgan fingerprint density at radius 2 is 1.93 bits per heavy atom. The van der Waals surface area contributed by atoms with E-state index in [1.807, 2.05) is 0 Å². The van der Waals surface area contributed by atoms with Gasteiger partial charge in [-0.2, -0.15) is 0 Å². The Morgan fingerprint density at radius 1 is 1.33 bits per heavy atom. The highest BCUT2D eigenvalue weighted by atomic mass is 35.5. The summed E-state index contributed by atoms with van der Waals surface area (Å²) in [5.41, 5.74) is 1.51. The first-order chi connectivity index (χ1) is 7.00. The molecular weight excluding hydrogens is 208 g/mol. The van der Waals surface area contributed by atoms with Crippen LogP contribution in [0.1, 0.15) is 19.3 Å². The van der Waals surface area contributed by atoms with Gasteiger partial charge in [0.25, 0.3) is 0 Å². The number of likely N-dealkylation sites (N-methyl/N-ethyl adjacent to an activating group) is 2. The van der Waals surface area contributed by atoms with Gasteiger partial charge < -0.3 is 9.80 Å². The van der Waals surface area contributed by atoms with Crippen molar-refractivity contribution in [3.8, 4) is 0 Å². The second-order valence-corrected chi connectivity index (χ2v) is 5.30. The summed E-state index contributed by atoms with van der Waals surface area (Å²) < 4.78 is 0. The summed E-state index contributed by atoms with van der Waals surface area (Å²) in [5.74, 6) is 0.569. The number of halogens is 1. The predicted molar refractivity (Wildman–Crippen MR) is 67.6 cm³/mol. The van der Waals surface area contributed by atoms with Gasteiger partial charge in [-0.15, -0.1) is 11.6 Å². The normalized spacial score (nSPS) is 19.3. The molecule has 0 saturated heterocycles. The molecule has 1 rings (SSSR count). The van der Waals surface area contributed by atoms with E-state index in [-0.39, 0.29) is 0 Å². The zero-order chi connectivity index (χ0) is 11.5. The molecule has 0 radical (unpaired) electrons. The number of nitrogens with zero attached hydrogens (tertiary/aromatic N) is 2. The van der Waals surface area contributed by atoms with Crippen LogP contribution < -0.4 is 0 Å². The van der Waals surface area contributed by atoms with Crippen LogP contribution in [0.25, 0.3) is 0 Å². The lowest BCUT2D eigenvalue weighted by molar-refractivity contribution is 0.0302. The zero-order valence-corrected chi connectivity index (χ0v) is 11.0. The van der Waals surface area contributed by atoms with E-state index in [0.717, 1.165) is 18.7 Å². The van der Waals surface area contributed by atoms with E-state index >= 15 is 0 Å². The molecule has 15 heavy (non-hydrogen) atoms. The van der Waals surface area contributed by atoms with Crippen molar-refractivity contribution in [3.05, 3.63) is 12.2 Å². The van der Waals surface area contributed by atoms with Crippen molar-refractivity contribution in [2.45, 2.75) is 24.8 Å². The minimum atomic E-state index is 0.404. The molecule has 0 aromatic rings. The average Bonchev–Trinajstić information content (AvgIpc) is 2.10. The average molecular weight is 231 g/mol. The van der Waals surface area contributed by atoms with Gasteiger partial charge in [0.15, 0.2) is 0 Å². The van der Waals surface area contributed by atoms with Crippen molar-refractivity contribution in [2.75, 3.05) is 40.1 Å². The van der Waals surface area contributed by atoms with Crippen molar-refractivity contribution in [2.24, 2.45) is 0 Å². The molecule has 1 saturated carbocycles. The minimum absolute atomic E-state index is 0.404. The summed E-state index contributed by atoms with van der Waals surface area (Å²) in [6.07, 6.45) is 4.00. The molecule has 0 spiro atoms. The van der Waals surface area contributed by atoms with Crippen molar-refractivity contribution >= 4 is 11.6 Å². The molecule has 88 valence electrons. The molecular formula is C12H23ClN2. The fraction of sp³-hybridized carbons (Fsp3) is 0.833. The van der Waals surface area contributed by atoms with Crippen LogP contribution in [0.2, 0.25) is 0 Å². The third kappa shape index (κ3) is 3.20. The smallest absolute Gasteiger partial charge is 0.0443 e. The first-order valence-corrected chi connectivity index (χ1v) is 6.12. The Morgan fingerprint density at radius 3 is 2.27 bits per heavy atom. The van der Waals surface area contributed by atoms with Crippen molar-refractivity contribution in [1.29, 1.82) is 0 Å². The molecule has 2 nitrogen and oxygen atoms in total. The van der Waals surface area contributed by atoms with E-state index in [2.05, 4.69) is 37.5 Å². The lowest BCUT2D eigenvalue weighted by Gasteiger charge is -2.49. The summed E-state index contributed by atoms with van der Waals surface area (Å²) >= 11 is 5.74. The van der Waals surface area contributed by atoms with Gasteiger partial charge >= 0.3 is 0 Å². The molecule has 1 aliphatic rings. The van der Waals surface area contributed by atoms with Crippen LogP contribution in [-0.4, -0.2) is 55.5 Å². The highest BCUT2D eigenvalue weighted by Gasteiger charge is 2.39. The van der Waals surface area contributed by atoms with Crippen LogP contribution in [0.5, 0.6) is 0 Å². The maximum absolute atomic E-state index is 5.74. The molecule has 0 bridgehead atoms. The van der Waals surface area contributed by atoms with Crippen LogP contribution in [-0.2, 0) is 0 Å². The van der Waals surface area contributed by atoms with E-state index in [4.69, 9.17) is 11.6 Å². The van der Waals surface area contributed by atoms with Crippen molar-refractivity contribution in [1.82, 2.24) is 9.80 Å². The van der Waals surface area contributed by atoms with Gasteiger partial charge in [-0.3, -0.25) is 0 Å². The second-order valence-electron chi connectivity index (χ2n) is 5.03. The lowest BCUT2D eigenvalue weighted by Crippen LogP contribution is -2.56. The Hall–Kier alpha value is -0.0500. The van der Waals surface area contributed by atoms with Gasteiger partial charge in [-0.25, -0.2) is 0 Å². The Labute approximate surface area is 98.9 Å². The molecule has 0 N–H and O–H groups in total. The largest absolute Gasteiger partial charge is 0.302 e. The Bertz CT molecular complexity index is 222. The monoisotopic (exact) mass is 230 g/mol. The van der Waals surface area contributed by atoms with Crippen LogP contribution >= 0.6 is 11.6 Å². The van der Waals surface area contributed by atoms with E-state index in [1.54, 1.807) is 0 Å². The van der Waals surface area contributed by atoms with Gasteiger partial charge in [0.1, 0.15) is 0 Å². The third-order valence-electron chi connectivity index (χ3n) is 3.48. The molecule has 0 amide bonds. The quantitative estimate of drug-likeness (QED) is 0.510. The summed E-state index contributed by atoms with van der Waals surface area (Å²) in [4.78, 5) is 4.71. The second kappa shape index (κ2) is 5.33. The fourth-order valence-corrected chi connectivity index (χ4v) is 2.40. The summed E-state index contributed by atoms with van der Waals surface area (Å²) in [6.45, 7) is 5.98. The van der Waals surface area contributed by atoms with Gasteiger partial charge in [0.05, 0.1) is 0 Å².